The molecule has 1 saturated carbocycles. The Hall–Kier alpha value is -0.610. The number of rotatable bonds is 4. The summed E-state index contributed by atoms with van der Waals surface area (Å²) in [7, 11) is 1.96. The average molecular weight is 253 g/mol. The first-order valence-corrected chi connectivity index (χ1v) is 7.43. The predicted octanol–water partition coefficient (Wildman–Crippen LogP) is 1.07. The maximum Gasteiger partial charge on any atom is 0.239 e. The molecule has 0 spiro atoms. The van der Waals surface area contributed by atoms with E-state index in [2.05, 4.69) is 22.0 Å². The SMILES string of the molecule is CNCCN1CCN(C2CCCCC2)C(=O)C1C. The van der Waals surface area contributed by atoms with E-state index >= 15 is 0 Å². The first-order valence-electron chi connectivity index (χ1n) is 7.43. The number of carbonyl (C=O) groups is 1. The third kappa shape index (κ3) is 3.04. The van der Waals surface area contributed by atoms with Crippen molar-refractivity contribution in [1.29, 1.82) is 0 Å². The highest BCUT2D eigenvalue weighted by molar-refractivity contribution is 5.82. The van der Waals surface area contributed by atoms with Crippen molar-refractivity contribution in [3.05, 3.63) is 0 Å². The molecule has 4 heteroatoms. The van der Waals surface area contributed by atoms with Crippen molar-refractivity contribution in [1.82, 2.24) is 15.1 Å². The molecule has 1 saturated heterocycles. The highest BCUT2D eigenvalue weighted by Crippen LogP contribution is 2.25. The van der Waals surface area contributed by atoms with E-state index in [1.54, 1.807) is 0 Å². The van der Waals surface area contributed by atoms with Crippen LogP contribution >= 0.6 is 0 Å². The summed E-state index contributed by atoms with van der Waals surface area (Å²) in [4.78, 5) is 16.9. The zero-order valence-electron chi connectivity index (χ0n) is 11.8. The summed E-state index contributed by atoms with van der Waals surface area (Å²) in [5.74, 6) is 0.351. The second-order valence-electron chi connectivity index (χ2n) is 5.64. The fraction of sp³-hybridized carbons (Fsp3) is 0.929. The van der Waals surface area contributed by atoms with Gasteiger partial charge in [0.2, 0.25) is 5.91 Å². The van der Waals surface area contributed by atoms with Gasteiger partial charge in [-0.3, -0.25) is 9.69 Å². The lowest BCUT2D eigenvalue weighted by molar-refractivity contribution is -0.144. The van der Waals surface area contributed by atoms with Gasteiger partial charge in [0.15, 0.2) is 0 Å². The number of nitrogens with one attached hydrogen (secondary N) is 1. The molecule has 2 rings (SSSR count). The van der Waals surface area contributed by atoms with E-state index in [0.717, 1.165) is 26.2 Å². The van der Waals surface area contributed by atoms with Crippen LogP contribution in [0.4, 0.5) is 0 Å². The van der Waals surface area contributed by atoms with Gasteiger partial charge in [0.25, 0.3) is 0 Å². The normalized spacial score (nSPS) is 27.8. The molecule has 0 aromatic carbocycles. The molecular formula is C14H27N3O. The fourth-order valence-electron chi connectivity index (χ4n) is 3.25. The first-order chi connectivity index (χ1) is 8.74. The van der Waals surface area contributed by atoms with Crippen molar-refractivity contribution < 1.29 is 4.79 Å². The smallest absolute Gasteiger partial charge is 0.239 e. The van der Waals surface area contributed by atoms with Crippen molar-refractivity contribution in [3.63, 3.8) is 0 Å². The topological polar surface area (TPSA) is 35.6 Å². The van der Waals surface area contributed by atoms with Crippen LogP contribution in [0.2, 0.25) is 0 Å². The van der Waals surface area contributed by atoms with E-state index < -0.39 is 0 Å². The maximum absolute atomic E-state index is 12.5. The number of amides is 1. The molecule has 1 aliphatic heterocycles. The molecule has 4 nitrogen and oxygen atoms in total. The van der Waals surface area contributed by atoms with E-state index in [0.29, 0.717) is 11.9 Å². The first kappa shape index (κ1) is 13.8. The lowest BCUT2D eigenvalue weighted by Gasteiger charge is -2.43. The Labute approximate surface area is 111 Å². The van der Waals surface area contributed by atoms with Crippen LogP contribution in [0.15, 0.2) is 0 Å². The van der Waals surface area contributed by atoms with Crippen LogP contribution in [0, 0.1) is 0 Å². The molecule has 0 aromatic rings. The minimum absolute atomic E-state index is 0.0639. The van der Waals surface area contributed by atoms with Crippen LogP contribution in [0.3, 0.4) is 0 Å². The molecule has 1 aliphatic carbocycles. The third-order valence-corrected chi connectivity index (χ3v) is 4.48. The molecule has 104 valence electrons. The lowest BCUT2D eigenvalue weighted by atomic mass is 9.93. The summed E-state index contributed by atoms with van der Waals surface area (Å²) in [6.45, 7) is 5.96. The Morgan fingerprint density at radius 2 is 1.94 bits per heavy atom. The summed E-state index contributed by atoms with van der Waals surface area (Å²) < 4.78 is 0. The van der Waals surface area contributed by atoms with Gasteiger partial charge >= 0.3 is 0 Å². The quantitative estimate of drug-likeness (QED) is 0.814. The number of nitrogens with zero attached hydrogens (tertiary/aromatic N) is 2. The van der Waals surface area contributed by atoms with Crippen molar-refractivity contribution in [2.24, 2.45) is 0 Å². The minimum atomic E-state index is 0.0639. The lowest BCUT2D eigenvalue weighted by Crippen LogP contribution is -2.59. The molecule has 1 heterocycles. The van der Waals surface area contributed by atoms with Crippen LogP contribution in [0.5, 0.6) is 0 Å². The molecular weight excluding hydrogens is 226 g/mol. The third-order valence-electron chi connectivity index (χ3n) is 4.48. The summed E-state index contributed by atoms with van der Waals surface area (Å²) in [5, 5.41) is 3.16. The number of hydrogen-bond donors (Lipinski definition) is 1. The second-order valence-corrected chi connectivity index (χ2v) is 5.64. The zero-order valence-corrected chi connectivity index (χ0v) is 11.8. The highest BCUT2D eigenvalue weighted by Gasteiger charge is 2.35. The Balaban J connectivity index is 1.90. The second kappa shape index (κ2) is 6.53. The molecule has 0 aromatic heterocycles. The molecule has 1 atom stereocenters. The Morgan fingerprint density at radius 1 is 1.22 bits per heavy atom. The van der Waals surface area contributed by atoms with Gasteiger partial charge in [0.05, 0.1) is 6.04 Å². The average Bonchev–Trinajstić information content (AvgIpc) is 2.41. The van der Waals surface area contributed by atoms with E-state index in [1.807, 2.05) is 7.05 Å². The van der Waals surface area contributed by atoms with Crippen LogP contribution < -0.4 is 5.32 Å². The molecule has 2 aliphatic rings. The van der Waals surface area contributed by atoms with Crippen LogP contribution in [0.25, 0.3) is 0 Å². The zero-order chi connectivity index (χ0) is 13.0. The number of hydrogen-bond acceptors (Lipinski definition) is 3. The fourth-order valence-corrected chi connectivity index (χ4v) is 3.25. The Morgan fingerprint density at radius 3 is 2.61 bits per heavy atom. The molecule has 2 fully saturated rings. The maximum atomic E-state index is 12.5. The number of carbonyl (C=O) groups excluding carboxylic acids is 1. The summed E-state index contributed by atoms with van der Waals surface area (Å²) in [5.41, 5.74) is 0. The standard InChI is InChI=1S/C14H27N3O/c1-12-14(18)17(13-6-4-3-5-7-13)11-10-16(12)9-8-15-2/h12-13,15H,3-11H2,1-2H3. The van der Waals surface area contributed by atoms with Gasteiger partial charge in [-0.25, -0.2) is 0 Å². The van der Waals surface area contributed by atoms with E-state index in [-0.39, 0.29) is 6.04 Å². The summed E-state index contributed by atoms with van der Waals surface area (Å²) in [6.07, 6.45) is 6.38. The molecule has 0 radical (unpaired) electrons. The number of likely N-dealkylation sites (N-methyl/N-ethyl adjacent to an activating group) is 1. The van der Waals surface area contributed by atoms with Gasteiger partial charge in [-0.2, -0.15) is 0 Å². The van der Waals surface area contributed by atoms with Crippen LogP contribution in [0.1, 0.15) is 39.0 Å². The van der Waals surface area contributed by atoms with Crippen LogP contribution in [-0.2, 0) is 4.79 Å². The molecule has 1 unspecified atom stereocenters. The van der Waals surface area contributed by atoms with Crippen molar-refractivity contribution >= 4 is 5.91 Å². The molecule has 0 bridgehead atoms. The summed E-state index contributed by atoms with van der Waals surface area (Å²) >= 11 is 0. The van der Waals surface area contributed by atoms with E-state index in [4.69, 9.17) is 0 Å². The van der Waals surface area contributed by atoms with E-state index in [1.165, 1.54) is 32.1 Å². The summed E-state index contributed by atoms with van der Waals surface area (Å²) in [6, 6.07) is 0.592. The van der Waals surface area contributed by atoms with Gasteiger partial charge in [-0.05, 0) is 26.8 Å². The minimum Gasteiger partial charge on any atom is -0.337 e. The van der Waals surface area contributed by atoms with Gasteiger partial charge in [-0.15, -0.1) is 0 Å². The highest BCUT2D eigenvalue weighted by atomic mass is 16.2. The van der Waals surface area contributed by atoms with Crippen molar-refractivity contribution in [2.75, 3.05) is 33.2 Å². The molecule has 18 heavy (non-hydrogen) atoms. The predicted molar refractivity (Wildman–Crippen MR) is 73.5 cm³/mol. The van der Waals surface area contributed by atoms with Crippen molar-refractivity contribution in [2.45, 2.75) is 51.1 Å². The monoisotopic (exact) mass is 253 g/mol. The van der Waals surface area contributed by atoms with Gasteiger partial charge < -0.3 is 10.2 Å². The number of piperazine rings is 1. The largest absolute Gasteiger partial charge is 0.337 e. The Kier molecular flexibility index (Phi) is 5.01. The van der Waals surface area contributed by atoms with E-state index in [9.17, 15) is 4.79 Å². The van der Waals surface area contributed by atoms with Crippen LogP contribution in [-0.4, -0.2) is 61.0 Å². The van der Waals surface area contributed by atoms with Gasteiger partial charge in [-0.1, -0.05) is 19.3 Å². The van der Waals surface area contributed by atoms with Gasteiger partial charge in [0, 0.05) is 32.2 Å². The van der Waals surface area contributed by atoms with Gasteiger partial charge in [0.1, 0.15) is 0 Å². The molecule has 1 amide bonds. The Bertz CT molecular complexity index is 276. The molecule has 1 N–H and O–H groups in total. The van der Waals surface area contributed by atoms with Crippen molar-refractivity contribution in [3.8, 4) is 0 Å².